The van der Waals surface area contributed by atoms with Crippen LogP contribution >= 0.6 is 0 Å². The van der Waals surface area contributed by atoms with Gasteiger partial charge in [0.25, 0.3) is 5.91 Å². The summed E-state index contributed by atoms with van der Waals surface area (Å²) in [6.45, 7) is 14.1. The number of fused-ring (bicyclic) bond motifs is 2. The molecule has 238 valence electrons. The number of ether oxygens (including phenoxy) is 2. The molecule has 1 aliphatic rings. The Morgan fingerprint density at radius 1 is 0.911 bits per heavy atom. The lowest BCUT2D eigenvalue weighted by Gasteiger charge is -2.35. The van der Waals surface area contributed by atoms with E-state index in [1.54, 1.807) is 55.9 Å². The van der Waals surface area contributed by atoms with Crippen LogP contribution in [0.1, 0.15) is 70.4 Å². The van der Waals surface area contributed by atoms with E-state index in [0.29, 0.717) is 41.2 Å². The summed E-state index contributed by atoms with van der Waals surface area (Å²) in [7, 11) is 0. The van der Waals surface area contributed by atoms with Gasteiger partial charge in [0.05, 0.1) is 28.8 Å². The predicted octanol–water partition coefficient (Wildman–Crippen LogP) is 5.68. The highest BCUT2D eigenvalue weighted by Gasteiger charge is 2.26. The fourth-order valence-corrected chi connectivity index (χ4v) is 5.26. The zero-order chi connectivity index (χ0) is 32.5. The van der Waals surface area contributed by atoms with E-state index in [0.717, 1.165) is 29.6 Å². The predicted molar refractivity (Wildman–Crippen MR) is 172 cm³/mol. The van der Waals surface area contributed by atoms with Crippen molar-refractivity contribution < 1.29 is 23.9 Å². The Labute approximate surface area is 261 Å². The van der Waals surface area contributed by atoms with E-state index in [1.165, 1.54) is 0 Å². The van der Waals surface area contributed by atoms with E-state index in [4.69, 9.17) is 9.47 Å². The first kappa shape index (κ1) is 31.5. The molecule has 4 heterocycles. The van der Waals surface area contributed by atoms with Crippen molar-refractivity contribution in [2.24, 2.45) is 0 Å². The number of pyridine rings is 1. The zero-order valence-corrected chi connectivity index (χ0v) is 26.7. The number of anilines is 3. The fraction of sp³-hybridized carbons (Fsp3) is 0.438. The topological polar surface area (TPSA) is 152 Å². The van der Waals surface area contributed by atoms with Gasteiger partial charge in [-0.25, -0.2) is 14.6 Å². The van der Waals surface area contributed by atoms with Gasteiger partial charge in [-0.2, -0.15) is 5.10 Å². The minimum atomic E-state index is -0.682. The van der Waals surface area contributed by atoms with Crippen LogP contribution in [0.3, 0.4) is 0 Å². The van der Waals surface area contributed by atoms with Crippen molar-refractivity contribution in [2.75, 3.05) is 28.6 Å². The van der Waals surface area contributed by atoms with Crippen LogP contribution in [0.15, 0.2) is 42.9 Å². The van der Waals surface area contributed by atoms with Gasteiger partial charge in [0.15, 0.2) is 5.65 Å². The third-order valence-corrected chi connectivity index (χ3v) is 7.03. The van der Waals surface area contributed by atoms with Gasteiger partial charge in [-0.15, -0.1) is 5.10 Å². The Kier molecular flexibility index (Phi) is 8.55. The third-order valence-electron chi connectivity index (χ3n) is 7.03. The SMILES string of the molecule is Cc1cn2cc(NC(=O)c3ccc(N4CCC(NC(=O)OC(C)(C)C)CC4)c4ccnnc34)cc(NC(=O)OC(C)(C)C)c2n1. The number of aromatic nitrogens is 4. The molecule has 1 aliphatic heterocycles. The molecule has 1 fully saturated rings. The number of carbonyl (C=O) groups is 3. The quantitative estimate of drug-likeness (QED) is 0.257. The number of benzene rings is 1. The highest BCUT2D eigenvalue weighted by Crippen LogP contribution is 2.31. The number of rotatable bonds is 5. The van der Waals surface area contributed by atoms with E-state index < -0.39 is 23.4 Å². The Morgan fingerprint density at radius 3 is 2.29 bits per heavy atom. The van der Waals surface area contributed by atoms with Gasteiger partial charge < -0.3 is 29.4 Å². The van der Waals surface area contributed by atoms with Crippen molar-refractivity contribution in [3.05, 3.63) is 54.1 Å². The first-order valence-corrected chi connectivity index (χ1v) is 14.9. The molecule has 0 aliphatic carbocycles. The smallest absolute Gasteiger partial charge is 0.412 e. The standard InChI is InChI=1S/C32H40N8O5/c1-19-17-40-18-21(16-24(27(40)34-19)37-30(43)45-32(5,6)7)35-28(41)23-8-9-25(22-10-13-33-38-26(22)23)39-14-11-20(12-15-39)36-29(42)44-31(2,3)4/h8-10,13,16-18,20H,11-12,14-15H2,1-7H3,(H,35,41)(H,36,42)(H,37,43). The number of amides is 3. The molecule has 1 aromatic carbocycles. The van der Waals surface area contributed by atoms with Gasteiger partial charge in [0.1, 0.15) is 16.7 Å². The molecule has 13 nitrogen and oxygen atoms in total. The molecule has 1 saturated heterocycles. The van der Waals surface area contributed by atoms with Crippen LogP contribution in [0.2, 0.25) is 0 Å². The number of piperidine rings is 1. The van der Waals surface area contributed by atoms with E-state index >= 15 is 0 Å². The van der Waals surface area contributed by atoms with Gasteiger partial charge >= 0.3 is 12.2 Å². The van der Waals surface area contributed by atoms with E-state index in [9.17, 15) is 14.4 Å². The second-order valence-electron chi connectivity index (χ2n) is 13.2. The van der Waals surface area contributed by atoms with E-state index in [-0.39, 0.29) is 11.9 Å². The molecule has 5 rings (SSSR count). The van der Waals surface area contributed by atoms with Crippen molar-refractivity contribution in [2.45, 2.75) is 78.6 Å². The molecule has 3 amide bonds. The molecule has 0 spiro atoms. The van der Waals surface area contributed by atoms with Crippen molar-refractivity contribution in [3.63, 3.8) is 0 Å². The number of imidazole rings is 1. The molecule has 45 heavy (non-hydrogen) atoms. The van der Waals surface area contributed by atoms with Crippen LogP contribution < -0.4 is 20.9 Å². The number of hydrogen-bond acceptors (Lipinski definition) is 9. The van der Waals surface area contributed by atoms with E-state index in [1.807, 2.05) is 39.8 Å². The number of alkyl carbamates (subject to hydrolysis) is 1. The normalized spacial score (nSPS) is 14.3. The summed E-state index contributed by atoms with van der Waals surface area (Å²) in [5.41, 5.74) is 2.61. The molecule has 0 saturated carbocycles. The maximum Gasteiger partial charge on any atom is 0.412 e. The summed E-state index contributed by atoms with van der Waals surface area (Å²) in [4.78, 5) is 45.2. The lowest BCUT2D eigenvalue weighted by Crippen LogP contribution is -2.46. The minimum absolute atomic E-state index is 0.0125. The van der Waals surface area contributed by atoms with Crippen molar-refractivity contribution in [3.8, 4) is 0 Å². The first-order chi connectivity index (χ1) is 21.1. The van der Waals surface area contributed by atoms with Gasteiger partial charge in [-0.3, -0.25) is 10.1 Å². The summed E-state index contributed by atoms with van der Waals surface area (Å²) < 4.78 is 12.6. The summed E-state index contributed by atoms with van der Waals surface area (Å²) in [6.07, 6.45) is 5.59. The van der Waals surface area contributed by atoms with Gasteiger partial charge in [0, 0.05) is 42.6 Å². The van der Waals surface area contributed by atoms with Crippen LogP contribution in [0.5, 0.6) is 0 Å². The van der Waals surface area contributed by atoms with Crippen molar-refractivity contribution in [1.82, 2.24) is 24.9 Å². The van der Waals surface area contributed by atoms with Gasteiger partial charge in [-0.05, 0) is 85.6 Å². The zero-order valence-electron chi connectivity index (χ0n) is 26.7. The molecule has 0 radical (unpaired) electrons. The summed E-state index contributed by atoms with van der Waals surface area (Å²) in [5, 5.41) is 17.8. The van der Waals surface area contributed by atoms with Crippen LogP contribution in [-0.2, 0) is 9.47 Å². The number of nitrogens with zero attached hydrogens (tertiary/aromatic N) is 5. The molecule has 0 bridgehead atoms. The van der Waals surface area contributed by atoms with Crippen molar-refractivity contribution in [1.29, 1.82) is 0 Å². The lowest BCUT2D eigenvalue weighted by molar-refractivity contribution is 0.0496. The second kappa shape index (κ2) is 12.2. The molecule has 0 atom stereocenters. The second-order valence-corrected chi connectivity index (χ2v) is 13.2. The average molecular weight is 617 g/mol. The largest absolute Gasteiger partial charge is 0.444 e. The van der Waals surface area contributed by atoms with Crippen LogP contribution in [0.25, 0.3) is 16.6 Å². The molecule has 3 aromatic heterocycles. The Bertz CT molecular complexity index is 1750. The highest BCUT2D eigenvalue weighted by atomic mass is 16.6. The van der Waals surface area contributed by atoms with Gasteiger partial charge in [-0.1, -0.05) is 0 Å². The Balaban J connectivity index is 1.34. The molecule has 0 unspecified atom stereocenters. The molecule has 13 heteroatoms. The summed E-state index contributed by atoms with van der Waals surface area (Å²) in [5.74, 6) is -0.383. The lowest BCUT2D eigenvalue weighted by atomic mass is 10.0. The summed E-state index contributed by atoms with van der Waals surface area (Å²) >= 11 is 0. The Hall–Kier alpha value is -4.94. The van der Waals surface area contributed by atoms with E-state index in [2.05, 4.69) is 36.0 Å². The first-order valence-electron chi connectivity index (χ1n) is 14.9. The molecular weight excluding hydrogens is 576 g/mol. The van der Waals surface area contributed by atoms with Crippen LogP contribution in [0.4, 0.5) is 26.7 Å². The molecule has 4 aromatic rings. The number of nitrogens with one attached hydrogen (secondary N) is 3. The number of aryl methyl sites for hydroxylation is 1. The maximum atomic E-state index is 13.6. The number of hydrogen-bond donors (Lipinski definition) is 3. The number of carbonyl (C=O) groups excluding carboxylic acids is 3. The third kappa shape index (κ3) is 7.78. The molecular formula is C32H40N8O5. The minimum Gasteiger partial charge on any atom is -0.444 e. The Morgan fingerprint density at radius 2 is 1.60 bits per heavy atom. The van der Waals surface area contributed by atoms with Crippen LogP contribution in [0, 0.1) is 6.92 Å². The molecule has 3 N–H and O–H groups in total. The fourth-order valence-electron chi connectivity index (χ4n) is 5.26. The average Bonchev–Trinajstić information content (AvgIpc) is 3.31. The monoisotopic (exact) mass is 616 g/mol. The summed E-state index contributed by atoms with van der Waals surface area (Å²) in [6, 6.07) is 7.16. The maximum absolute atomic E-state index is 13.6. The highest BCUT2D eigenvalue weighted by molar-refractivity contribution is 6.14. The van der Waals surface area contributed by atoms with Crippen molar-refractivity contribution >= 4 is 51.7 Å². The van der Waals surface area contributed by atoms with Gasteiger partial charge in [0.2, 0.25) is 0 Å². The van der Waals surface area contributed by atoms with Crippen LogP contribution in [-0.4, -0.2) is 68.0 Å².